The van der Waals surface area contributed by atoms with Crippen LogP contribution in [0.2, 0.25) is 0 Å². The maximum Gasteiger partial charge on any atom is 0.244 e. The Morgan fingerprint density at radius 2 is 1.61 bits per heavy atom. The molecule has 0 atom stereocenters. The van der Waals surface area contributed by atoms with Crippen LogP contribution < -0.4 is 14.8 Å². The number of hydrogen-bond acceptors (Lipinski definition) is 4. The number of nitrogens with one attached hydrogen (secondary N) is 1. The smallest absolute Gasteiger partial charge is 0.244 e. The van der Waals surface area contributed by atoms with Crippen molar-refractivity contribution in [3.05, 3.63) is 83.7 Å². The third-order valence-electron chi connectivity index (χ3n) is 5.21. The molecule has 0 saturated carbocycles. The first-order valence-electron chi connectivity index (χ1n) is 10.1. The van der Waals surface area contributed by atoms with Crippen LogP contribution in [-0.2, 0) is 17.9 Å². The molecule has 4 rings (SSSR count). The average Bonchev–Trinajstić information content (AvgIpc) is 3.12. The minimum atomic E-state index is -0.112. The molecule has 158 valence electrons. The Hall–Kier alpha value is -3.80. The van der Waals surface area contributed by atoms with Crippen molar-refractivity contribution in [3.63, 3.8) is 0 Å². The highest BCUT2D eigenvalue weighted by atomic mass is 16.5. The molecular weight excluding hydrogens is 390 g/mol. The van der Waals surface area contributed by atoms with Crippen molar-refractivity contribution in [1.82, 2.24) is 9.55 Å². The number of rotatable bonds is 7. The van der Waals surface area contributed by atoms with Gasteiger partial charge in [-0.25, -0.2) is 4.98 Å². The van der Waals surface area contributed by atoms with Crippen LogP contribution in [0.1, 0.15) is 17.0 Å². The van der Waals surface area contributed by atoms with Gasteiger partial charge in [0.1, 0.15) is 19.0 Å². The van der Waals surface area contributed by atoms with Crippen molar-refractivity contribution in [2.75, 3.05) is 12.4 Å². The van der Waals surface area contributed by atoms with Gasteiger partial charge >= 0.3 is 0 Å². The number of aryl methyl sites for hydroxylation is 2. The van der Waals surface area contributed by atoms with E-state index in [0.29, 0.717) is 17.3 Å². The second-order valence-corrected chi connectivity index (χ2v) is 7.36. The number of methoxy groups -OCH3 is 1. The van der Waals surface area contributed by atoms with Gasteiger partial charge in [-0.05, 0) is 49.2 Å². The van der Waals surface area contributed by atoms with Gasteiger partial charge < -0.3 is 19.4 Å². The molecule has 3 aromatic carbocycles. The Labute approximate surface area is 181 Å². The number of carbonyl (C=O) groups is 1. The van der Waals surface area contributed by atoms with E-state index in [1.165, 1.54) is 0 Å². The fourth-order valence-corrected chi connectivity index (χ4v) is 3.63. The van der Waals surface area contributed by atoms with Crippen molar-refractivity contribution >= 4 is 22.6 Å². The molecule has 6 nitrogen and oxygen atoms in total. The van der Waals surface area contributed by atoms with E-state index in [-0.39, 0.29) is 19.1 Å². The first kappa shape index (κ1) is 20.5. The number of aromatic nitrogens is 2. The van der Waals surface area contributed by atoms with Gasteiger partial charge in [-0.15, -0.1) is 0 Å². The van der Waals surface area contributed by atoms with Crippen LogP contribution in [0, 0.1) is 13.8 Å². The summed E-state index contributed by atoms with van der Waals surface area (Å²) >= 11 is 0. The Kier molecular flexibility index (Phi) is 5.89. The molecular formula is C25H25N3O3. The summed E-state index contributed by atoms with van der Waals surface area (Å²) in [5.74, 6) is 1.84. The molecule has 0 spiro atoms. The van der Waals surface area contributed by atoms with Crippen LogP contribution in [0.25, 0.3) is 11.0 Å². The zero-order valence-electron chi connectivity index (χ0n) is 17.9. The number of imidazole rings is 1. The number of anilines is 1. The minimum Gasteiger partial charge on any atom is -0.493 e. The summed E-state index contributed by atoms with van der Waals surface area (Å²) in [5.41, 5.74) is 4.62. The van der Waals surface area contributed by atoms with Gasteiger partial charge in [-0.3, -0.25) is 4.79 Å². The van der Waals surface area contributed by atoms with Crippen LogP contribution >= 0.6 is 0 Å². The lowest BCUT2D eigenvalue weighted by molar-refractivity contribution is -0.116. The van der Waals surface area contributed by atoms with Gasteiger partial charge in [-0.1, -0.05) is 42.5 Å². The molecule has 0 aliphatic rings. The zero-order chi connectivity index (χ0) is 21.8. The van der Waals surface area contributed by atoms with Gasteiger partial charge in [0, 0.05) is 5.69 Å². The van der Waals surface area contributed by atoms with E-state index in [4.69, 9.17) is 14.5 Å². The van der Waals surface area contributed by atoms with Crippen molar-refractivity contribution in [3.8, 4) is 11.5 Å². The van der Waals surface area contributed by atoms with Crippen LogP contribution in [0.5, 0.6) is 11.5 Å². The topological polar surface area (TPSA) is 65.4 Å². The Morgan fingerprint density at radius 3 is 2.35 bits per heavy atom. The highest BCUT2D eigenvalue weighted by Gasteiger charge is 2.16. The summed E-state index contributed by atoms with van der Waals surface area (Å²) in [7, 11) is 1.61. The van der Waals surface area contributed by atoms with E-state index in [2.05, 4.69) is 5.32 Å². The molecule has 1 aromatic heterocycles. The second kappa shape index (κ2) is 8.92. The Balaban J connectivity index is 1.60. The van der Waals surface area contributed by atoms with Crippen LogP contribution in [0.15, 0.2) is 66.7 Å². The zero-order valence-corrected chi connectivity index (χ0v) is 17.9. The quantitative estimate of drug-likeness (QED) is 0.467. The Morgan fingerprint density at radius 1 is 0.935 bits per heavy atom. The Bertz CT molecular complexity index is 1210. The predicted octanol–water partition coefficient (Wildman–Crippen LogP) is 4.88. The normalized spacial score (nSPS) is 10.8. The molecule has 0 bridgehead atoms. The number of para-hydroxylation sites is 5. The van der Waals surface area contributed by atoms with E-state index in [0.717, 1.165) is 27.8 Å². The first-order chi connectivity index (χ1) is 15.1. The molecule has 0 aliphatic heterocycles. The lowest BCUT2D eigenvalue weighted by Crippen LogP contribution is -2.21. The molecule has 0 unspecified atom stereocenters. The number of nitrogens with zero attached hydrogens (tertiary/aromatic N) is 2. The lowest BCUT2D eigenvalue weighted by Gasteiger charge is -2.14. The van der Waals surface area contributed by atoms with Crippen molar-refractivity contribution < 1.29 is 14.3 Å². The van der Waals surface area contributed by atoms with Gasteiger partial charge in [0.05, 0.1) is 18.1 Å². The summed E-state index contributed by atoms with van der Waals surface area (Å²) in [6.07, 6.45) is 0. The monoisotopic (exact) mass is 415 g/mol. The molecule has 4 aromatic rings. The molecule has 1 heterocycles. The van der Waals surface area contributed by atoms with Crippen molar-refractivity contribution in [1.29, 1.82) is 0 Å². The molecule has 6 heteroatoms. The van der Waals surface area contributed by atoms with E-state index in [9.17, 15) is 4.79 Å². The summed E-state index contributed by atoms with van der Waals surface area (Å²) in [4.78, 5) is 17.6. The van der Waals surface area contributed by atoms with Crippen LogP contribution in [-0.4, -0.2) is 22.6 Å². The largest absolute Gasteiger partial charge is 0.493 e. The fraction of sp³-hybridized carbons (Fsp3) is 0.200. The number of fused-ring (bicyclic) bond motifs is 1. The van der Waals surface area contributed by atoms with E-state index < -0.39 is 0 Å². The van der Waals surface area contributed by atoms with Gasteiger partial charge in [-0.2, -0.15) is 0 Å². The number of amides is 1. The molecule has 0 saturated heterocycles. The van der Waals surface area contributed by atoms with E-state index in [1.54, 1.807) is 7.11 Å². The summed E-state index contributed by atoms with van der Waals surface area (Å²) < 4.78 is 13.2. The summed E-state index contributed by atoms with van der Waals surface area (Å²) in [6, 6.07) is 21.2. The van der Waals surface area contributed by atoms with Crippen LogP contribution in [0.3, 0.4) is 0 Å². The number of ether oxygens (including phenoxy) is 2. The second-order valence-electron chi connectivity index (χ2n) is 7.36. The molecule has 1 amide bonds. The number of hydrogen-bond donors (Lipinski definition) is 1. The number of carbonyl (C=O) groups excluding carboxylic acids is 1. The van der Waals surface area contributed by atoms with Crippen molar-refractivity contribution in [2.24, 2.45) is 0 Å². The van der Waals surface area contributed by atoms with Crippen LogP contribution in [0.4, 0.5) is 5.69 Å². The predicted molar refractivity (Wildman–Crippen MR) is 122 cm³/mol. The molecule has 0 aliphatic carbocycles. The maximum absolute atomic E-state index is 12.9. The molecule has 0 radical (unpaired) electrons. The summed E-state index contributed by atoms with van der Waals surface area (Å²) in [5, 5.41) is 3.05. The summed E-state index contributed by atoms with van der Waals surface area (Å²) in [6.45, 7) is 4.33. The third-order valence-corrected chi connectivity index (χ3v) is 5.21. The average molecular weight is 415 g/mol. The standard InChI is InChI=1S/C25H25N3O3/c1-17-9-8-10-18(2)25(17)27-24(29)15-28-20-12-5-4-11-19(20)26-23(28)16-31-22-14-7-6-13-21(22)30-3/h4-14H,15-16H2,1-3H3,(H,27,29). The van der Waals surface area contributed by atoms with Gasteiger partial charge in [0.15, 0.2) is 11.5 Å². The lowest BCUT2D eigenvalue weighted by atomic mass is 10.1. The van der Waals surface area contributed by atoms with Crippen molar-refractivity contribution in [2.45, 2.75) is 27.0 Å². The van der Waals surface area contributed by atoms with Gasteiger partial charge in [0.2, 0.25) is 5.91 Å². The highest BCUT2D eigenvalue weighted by molar-refractivity contribution is 5.93. The molecule has 31 heavy (non-hydrogen) atoms. The fourth-order valence-electron chi connectivity index (χ4n) is 3.63. The highest BCUT2D eigenvalue weighted by Crippen LogP contribution is 2.27. The maximum atomic E-state index is 12.9. The number of benzene rings is 3. The van der Waals surface area contributed by atoms with E-state index in [1.807, 2.05) is 85.1 Å². The third kappa shape index (κ3) is 4.38. The van der Waals surface area contributed by atoms with E-state index >= 15 is 0 Å². The molecule has 0 fully saturated rings. The van der Waals surface area contributed by atoms with Gasteiger partial charge in [0.25, 0.3) is 0 Å². The first-order valence-corrected chi connectivity index (χ1v) is 10.1. The SMILES string of the molecule is COc1ccccc1OCc1nc2ccccc2n1CC(=O)Nc1c(C)cccc1C. The molecule has 1 N–H and O–H groups in total. The minimum absolute atomic E-state index is 0.112.